The third-order valence-electron chi connectivity index (χ3n) is 5.83. The highest BCUT2D eigenvalue weighted by Gasteiger charge is 2.44. The van der Waals surface area contributed by atoms with E-state index in [4.69, 9.17) is 0 Å². The lowest BCUT2D eigenvalue weighted by Gasteiger charge is -2.52. The first-order valence-corrected chi connectivity index (χ1v) is 8.62. The lowest BCUT2D eigenvalue weighted by molar-refractivity contribution is 0.0128. The molecule has 4 nitrogen and oxygen atoms in total. The molecule has 1 saturated carbocycles. The normalized spacial score (nSPS) is 29.2. The van der Waals surface area contributed by atoms with Gasteiger partial charge in [0.25, 0.3) is 0 Å². The fourth-order valence-electron chi connectivity index (χ4n) is 4.05. The highest BCUT2D eigenvalue weighted by atomic mass is 15.3. The van der Waals surface area contributed by atoms with E-state index in [0.29, 0.717) is 11.1 Å². The van der Waals surface area contributed by atoms with Crippen LogP contribution in [0.4, 0.5) is 0 Å². The molecule has 2 fully saturated rings. The number of nitrogens with one attached hydrogen (secondary N) is 1. The van der Waals surface area contributed by atoms with Gasteiger partial charge in [-0.25, -0.2) is 4.98 Å². The minimum atomic E-state index is 0.322. The van der Waals surface area contributed by atoms with Crippen molar-refractivity contribution in [1.82, 2.24) is 19.8 Å². The van der Waals surface area contributed by atoms with Crippen LogP contribution >= 0.6 is 0 Å². The number of aryl methyl sites for hydroxylation is 1. The molecule has 0 amide bonds. The molecule has 2 heterocycles. The summed E-state index contributed by atoms with van der Waals surface area (Å²) in [6.45, 7) is 9.43. The minimum absolute atomic E-state index is 0.322. The third kappa shape index (κ3) is 3.16. The predicted octanol–water partition coefficient (Wildman–Crippen LogP) is 2.66. The van der Waals surface area contributed by atoms with E-state index in [0.717, 1.165) is 13.1 Å². The summed E-state index contributed by atoms with van der Waals surface area (Å²) < 4.78 is 2.19. The van der Waals surface area contributed by atoms with Gasteiger partial charge in [0.05, 0.1) is 6.33 Å². The molecular weight excluding hydrogens is 260 g/mol. The van der Waals surface area contributed by atoms with Crippen LogP contribution in [0.15, 0.2) is 18.7 Å². The summed E-state index contributed by atoms with van der Waals surface area (Å²) in [6.07, 6.45) is 13.8. The van der Waals surface area contributed by atoms with E-state index in [-0.39, 0.29) is 0 Å². The van der Waals surface area contributed by atoms with Crippen LogP contribution < -0.4 is 5.32 Å². The van der Waals surface area contributed by atoms with Gasteiger partial charge in [-0.3, -0.25) is 4.90 Å². The molecule has 1 saturated heterocycles. The quantitative estimate of drug-likeness (QED) is 0.905. The van der Waals surface area contributed by atoms with Crippen LogP contribution in [-0.2, 0) is 6.54 Å². The van der Waals surface area contributed by atoms with Crippen molar-refractivity contribution in [2.24, 2.45) is 0 Å². The SMILES string of the molecule is CCC1(C)CNC2(CCCC2)CN1CCCn1ccnc1. The highest BCUT2D eigenvalue weighted by molar-refractivity contribution is 5.05. The van der Waals surface area contributed by atoms with Gasteiger partial charge in [0.2, 0.25) is 0 Å². The number of nitrogens with zero attached hydrogens (tertiary/aromatic N) is 3. The van der Waals surface area contributed by atoms with E-state index in [1.807, 2.05) is 12.5 Å². The van der Waals surface area contributed by atoms with E-state index in [1.165, 1.54) is 51.6 Å². The van der Waals surface area contributed by atoms with Crippen LogP contribution in [0.25, 0.3) is 0 Å². The Hall–Kier alpha value is -0.870. The zero-order valence-electron chi connectivity index (χ0n) is 13.6. The number of rotatable bonds is 5. The Morgan fingerprint density at radius 1 is 1.24 bits per heavy atom. The molecule has 118 valence electrons. The van der Waals surface area contributed by atoms with Gasteiger partial charge < -0.3 is 9.88 Å². The van der Waals surface area contributed by atoms with Gasteiger partial charge in [0.15, 0.2) is 0 Å². The van der Waals surface area contributed by atoms with Gasteiger partial charge in [-0.15, -0.1) is 0 Å². The molecule has 1 N–H and O–H groups in total. The minimum Gasteiger partial charge on any atom is -0.337 e. The van der Waals surface area contributed by atoms with Crippen molar-refractivity contribution in [2.75, 3.05) is 19.6 Å². The van der Waals surface area contributed by atoms with Gasteiger partial charge in [0.1, 0.15) is 0 Å². The molecule has 3 rings (SSSR count). The molecule has 1 atom stereocenters. The summed E-state index contributed by atoms with van der Waals surface area (Å²) in [7, 11) is 0. The van der Waals surface area contributed by atoms with Gasteiger partial charge >= 0.3 is 0 Å². The van der Waals surface area contributed by atoms with Crippen molar-refractivity contribution >= 4 is 0 Å². The average Bonchev–Trinajstić information content (AvgIpc) is 3.15. The Bertz CT molecular complexity index is 436. The van der Waals surface area contributed by atoms with Crippen LogP contribution in [0.5, 0.6) is 0 Å². The summed E-state index contributed by atoms with van der Waals surface area (Å²) in [5.74, 6) is 0. The fourth-order valence-corrected chi connectivity index (χ4v) is 4.05. The van der Waals surface area contributed by atoms with E-state index >= 15 is 0 Å². The van der Waals surface area contributed by atoms with E-state index < -0.39 is 0 Å². The first kappa shape index (κ1) is 15.0. The van der Waals surface area contributed by atoms with Crippen molar-refractivity contribution in [1.29, 1.82) is 0 Å². The molecule has 1 aromatic heterocycles. The molecule has 1 spiro atoms. The number of aromatic nitrogens is 2. The van der Waals surface area contributed by atoms with E-state index in [2.05, 4.69) is 39.8 Å². The molecule has 2 aliphatic rings. The van der Waals surface area contributed by atoms with Crippen LogP contribution in [-0.4, -0.2) is 45.2 Å². The molecule has 0 radical (unpaired) electrons. The van der Waals surface area contributed by atoms with Crippen LogP contribution in [0, 0.1) is 0 Å². The molecule has 1 unspecified atom stereocenters. The molecule has 1 aliphatic carbocycles. The molecule has 0 aromatic carbocycles. The Morgan fingerprint density at radius 2 is 2.05 bits per heavy atom. The lowest BCUT2D eigenvalue weighted by Crippen LogP contribution is -2.68. The van der Waals surface area contributed by atoms with E-state index in [1.54, 1.807) is 0 Å². The Labute approximate surface area is 128 Å². The summed E-state index contributed by atoms with van der Waals surface area (Å²) in [5.41, 5.74) is 0.743. The lowest BCUT2D eigenvalue weighted by atomic mass is 9.85. The van der Waals surface area contributed by atoms with Gasteiger partial charge in [-0.1, -0.05) is 19.8 Å². The first-order valence-electron chi connectivity index (χ1n) is 8.62. The fraction of sp³-hybridized carbons (Fsp3) is 0.824. The first-order chi connectivity index (χ1) is 10.2. The van der Waals surface area contributed by atoms with Crippen LogP contribution in [0.1, 0.15) is 52.4 Å². The van der Waals surface area contributed by atoms with Crippen LogP contribution in [0.3, 0.4) is 0 Å². The number of imidazole rings is 1. The smallest absolute Gasteiger partial charge is 0.0945 e. The Morgan fingerprint density at radius 3 is 2.71 bits per heavy atom. The second-order valence-electron chi connectivity index (χ2n) is 7.27. The van der Waals surface area contributed by atoms with Gasteiger partial charge in [0, 0.05) is 49.7 Å². The Kier molecular flexibility index (Phi) is 4.36. The second kappa shape index (κ2) is 6.09. The number of hydrogen-bond acceptors (Lipinski definition) is 3. The molecular formula is C17H30N4. The van der Waals surface area contributed by atoms with Gasteiger partial charge in [-0.2, -0.15) is 0 Å². The number of hydrogen-bond donors (Lipinski definition) is 1. The van der Waals surface area contributed by atoms with Crippen molar-refractivity contribution in [3.8, 4) is 0 Å². The summed E-state index contributed by atoms with van der Waals surface area (Å²) in [6, 6.07) is 0. The molecule has 4 heteroatoms. The summed E-state index contributed by atoms with van der Waals surface area (Å²) >= 11 is 0. The van der Waals surface area contributed by atoms with Crippen molar-refractivity contribution in [3.05, 3.63) is 18.7 Å². The topological polar surface area (TPSA) is 33.1 Å². The van der Waals surface area contributed by atoms with E-state index in [9.17, 15) is 0 Å². The van der Waals surface area contributed by atoms with Crippen LogP contribution in [0.2, 0.25) is 0 Å². The zero-order chi connectivity index (χ0) is 14.8. The predicted molar refractivity (Wildman–Crippen MR) is 86.3 cm³/mol. The maximum atomic E-state index is 4.13. The Balaban J connectivity index is 1.60. The number of piperazine rings is 1. The van der Waals surface area contributed by atoms with Gasteiger partial charge in [-0.05, 0) is 32.6 Å². The third-order valence-corrected chi connectivity index (χ3v) is 5.83. The van der Waals surface area contributed by atoms with Crippen molar-refractivity contribution in [2.45, 2.75) is 70.0 Å². The van der Waals surface area contributed by atoms with Crippen molar-refractivity contribution < 1.29 is 0 Å². The van der Waals surface area contributed by atoms with Crippen molar-refractivity contribution in [3.63, 3.8) is 0 Å². The molecule has 21 heavy (non-hydrogen) atoms. The summed E-state index contributed by atoms with van der Waals surface area (Å²) in [4.78, 5) is 6.90. The molecule has 0 bridgehead atoms. The largest absolute Gasteiger partial charge is 0.337 e. The highest BCUT2D eigenvalue weighted by Crippen LogP contribution is 2.36. The monoisotopic (exact) mass is 290 g/mol. The maximum Gasteiger partial charge on any atom is 0.0945 e. The molecule has 1 aromatic rings. The standard InChI is InChI=1S/C17H30N4/c1-3-16(2)13-19-17(7-4-5-8-17)14-21(16)11-6-10-20-12-9-18-15-20/h9,12,15,19H,3-8,10-11,13-14H2,1-2H3. The zero-order valence-corrected chi connectivity index (χ0v) is 13.6. The average molecular weight is 290 g/mol. The summed E-state index contributed by atoms with van der Waals surface area (Å²) in [5, 5.41) is 3.91. The second-order valence-corrected chi connectivity index (χ2v) is 7.27. The maximum absolute atomic E-state index is 4.13. The molecule has 1 aliphatic heterocycles.